The van der Waals surface area contributed by atoms with E-state index in [9.17, 15) is 0 Å². The number of aromatic nitrogens is 3. The van der Waals surface area contributed by atoms with Crippen LogP contribution in [0, 0.1) is 5.92 Å². The molecule has 98 valence electrons. The molecule has 0 aliphatic carbocycles. The van der Waals surface area contributed by atoms with Crippen LogP contribution in [0.5, 0.6) is 0 Å². The summed E-state index contributed by atoms with van der Waals surface area (Å²) < 4.78 is 7.06. The minimum atomic E-state index is 0.678. The highest BCUT2D eigenvalue weighted by Gasteiger charge is 2.12. The van der Waals surface area contributed by atoms with Gasteiger partial charge in [0.25, 0.3) is 0 Å². The van der Waals surface area contributed by atoms with Crippen LogP contribution in [0.15, 0.2) is 0 Å². The van der Waals surface area contributed by atoms with Crippen molar-refractivity contribution in [1.29, 1.82) is 0 Å². The van der Waals surface area contributed by atoms with Crippen molar-refractivity contribution in [2.45, 2.75) is 39.8 Å². The van der Waals surface area contributed by atoms with Gasteiger partial charge in [0, 0.05) is 13.7 Å². The summed E-state index contributed by atoms with van der Waals surface area (Å²) in [6.07, 6.45) is 2.20. The highest BCUT2D eigenvalue weighted by molar-refractivity contribution is 5.10. The van der Waals surface area contributed by atoms with Crippen molar-refractivity contribution < 1.29 is 4.74 Å². The predicted molar refractivity (Wildman–Crippen MR) is 67.8 cm³/mol. The number of nitrogens with one attached hydrogen (secondary N) is 1. The van der Waals surface area contributed by atoms with Gasteiger partial charge in [0.15, 0.2) is 0 Å². The molecule has 17 heavy (non-hydrogen) atoms. The Kier molecular flexibility index (Phi) is 6.15. The van der Waals surface area contributed by atoms with Crippen LogP contribution in [0.4, 0.5) is 0 Å². The van der Waals surface area contributed by atoms with Crippen LogP contribution >= 0.6 is 0 Å². The lowest BCUT2D eigenvalue weighted by atomic mass is 10.1. The molecular weight excluding hydrogens is 216 g/mol. The van der Waals surface area contributed by atoms with E-state index >= 15 is 0 Å². The zero-order valence-corrected chi connectivity index (χ0v) is 11.4. The molecule has 0 atom stereocenters. The number of ether oxygens (including phenoxy) is 1. The third-order valence-electron chi connectivity index (χ3n) is 2.73. The Hall–Kier alpha value is -0.940. The fourth-order valence-electron chi connectivity index (χ4n) is 1.73. The van der Waals surface area contributed by atoms with E-state index in [-0.39, 0.29) is 0 Å². The molecule has 0 fully saturated rings. The van der Waals surface area contributed by atoms with Crippen molar-refractivity contribution in [2.75, 3.05) is 20.8 Å². The SMILES string of the molecule is CNCc1nnn(CCOC)c1CCC(C)C. The minimum absolute atomic E-state index is 0.678. The standard InChI is InChI=1S/C12H24N4O/c1-10(2)5-6-12-11(9-13-3)14-15-16(12)7-8-17-4/h10,13H,5-9H2,1-4H3. The van der Waals surface area contributed by atoms with Crippen molar-refractivity contribution in [3.63, 3.8) is 0 Å². The van der Waals surface area contributed by atoms with Gasteiger partial charge in [0.1, 0.15) is 0 Å². The molecule has 0 aliphatic heterocycles. The molecule has 0 aliphatic rings. The van der Waals surface area contributed by atoms with Crippen LogP contribution < -0.4 is 5.32 Å². The van der Waals surface area contributed by atoms with E-state index in [0.29, 0.717) is 12.5 Å². The summed E-state index contributed by atoms with van der Waals surface area (Å²) in [6.45, 7) is 6.71. The van der Waals surface area contributed by atoms with Crippen LogP contribution in [0.25, 0.3) is 0 Å². The van der Waals surface area contributed by atoms with Crippen molar-refractivity contribution in [1.82, 2.24) is 20.3 Å². The van der Waals surface area contributed by atoms with Crippen LogP contribution in [0.2, 0.25) is 0 Å². The zero-order valence-electron chi connectivity index (χ0n) is 11.4. The maximum atomic E-state index is 5.09. The summed E-state index contributed by atoms with van der Waals surface area (Å²) in [5, 5.41) is 11.6. The number of rotatable bonds is 8. The molecule has 0 unspecified atom stereocenters. The van der Waals surface area contributed by atoms with Gasteiger partial charge < -0.3 is 10.1 Å². The van der Waals surface area contributed by atoms with Gasteiger partial charge in [-0.1, -0.05) is 19.1 Å². The summed E-state index contributed by atoms with van der Waals surface area (Å²) >= 11 is 0. The molecule has 0 saturated heterocycles. The Morgan fingerprint density at radius 2 is 2.18 bits per heavy atom. The molecule has 0 spiro atoms. The predicted octanol–water partition coefficient (Wildman–Crippen LogP) is 1.23. The van der Waals surface area contributed by atoms with E-state index in [4.69, 9.17) is 4.74 Å². The fourth-order valence-corrected chi connectivity index (χ4v) is 1.73. The maximum Gasteiger partial charge on any atom is 0.0996 e. The van der Waals surface area contributed by atoms with E-state index in [1.165, 1.54) is 5.69 Å². The maximum absolute atomic E-state index is 5.09. The Labute approximate surface area is 104 Å². The zero-order chi connectivity index (χ0) is 12.7. The molecule has 0 aromatic carbocycles. The Morgan fingerprint density at radius 1 is 1.41 bits per heavy atom. The van der Waals surface area contributed by atoms with Crippen molar-refractivity contribution >= 4 is 0 Å². The van der Waals surface area contributed by atoms with E-state index in [2.05, 4.69) is 29.5 Å². The lowest BCUT2D eigenvalue weighted by Crippen LogP contribution is -2.13. The molecule has 1 aromatic heterocycles. The molecule has 1 aromatic rings. The smallest absolute Gasteiger partial charge is 0.0996 e. The quantitative estimate of drug-likeness (QED) is 0.742. The molecular formula is C12H24N4O. The molecule has 0 bridgehead atoms. The van der Waals surface area contributed by atoms with Gasteiger partial charge in [-0.2, -0.15) is 0 Å². The van der Waals surface area contributed by atoms with Gasteiger partial charge in [-0.3, -0.25) is 0 Å². The van der Waals surface area contributed by atoms with E-state index < -0.39 is 0 Å². The minimum Gasteiger partial charge on any atom is -0.383 e. The summed E-state index contributed by atoms with van der Waals surface area (Å²) in [7, 11) is 3.64. The van der Waals surface area contributed by atoms with Gasteiger partial charge in [0.2, 0.25) is 0 Å². The monoisotopic (exact) mass is 240 g/mol. The summed E-state index contributed by atoms with van der Waals surface area (Å²) in [6, 6.07) is 0. The van der Waals surface area contributed by atoms with Gasteiger partial charge in [-0.25, -0.2) is 4.68 Å². The first-order valence-electron chi connectivity index (χ1n) is 6.23. The van der Waals surface area contributed by atoms with Crippen LogP contribution in [0.3, 0.4) is 0 Å². The van der Waals surface area contributed by atoms with Gasteiger partial charge >= 0.3 is 0 Å². The molecule has 1 heterocycles. The first kappa shape index (κ1) is 14.1. The van der Waals surface area contributed by atoms with Crippen LogP contribution in [0.1, 0.15) is 31.7 Å². The third kappa shape index (κ3) is 4.44. The highest BCUT2D eigenvalue weighted by atomic mass is 16.5. The largest absolute Gasteiger partial charge is 0.383 e. The molecule has 5 nitrogen and oxygen atoms in total. The van der Waals surface area contributed by atoms with Crippen LogP contribution in [-0.2, 0) is 24.2 Å². The highest BCUT2D eigenvalue weighted by Crippen LogP contribution is 2.12. The lowest BCUT2D eigenvalue weighted by Gasteiger charge is -2.09. The molecule has 1 rings (SSSR count). The van der Waals surface area contributed by atoms with E-state index in [1.54, 1.807) is 7.11 Å². The average molecular weight is 240 g/mol. The number of methoxy groups -OCH3 is 1. The average Bonchev–Trinajstić information content (AvgIpc) is 2.67. The van der Waals surface area contributed by atoms with Gasteiger partial charge in [-0.05, 0) is 25.8 Å². The molecule has 0 radical (unpaired) electrons. The fraction of sp³-hybridized carbons (Fsp3) is 0.833. The topological polar surface area (TPSA) is 52.0 Å². The second-order valence-corrected chi connectivity index (χ2v) is 4.66. The molecule has 0 saturated carbocycles. The van der Waals surface area contributed by atoms with Crippen molar-refractivity contribution in [3.8, 4) is 0 Å². The van der Waals surface area contributed by atoms with E-state index in [0.717, 1.165) is 31.6 Å². The van der Waals surface area contributed by atoms with Gasteiger partial charge in [0.05, 0.1) is 24.5 Å². The first-order chi connectivity index (χ1) is 8.19. The van der Waals surface area contributed by atoms with Crippen molar-refractivity contribution in [2.24, 2.45) is 5.92 Å². The number of hydrogen-bond donors (Lipinski definition) is 1. The Bertz CT molecular complexity index is 322. The molecule has 0 amide bonds. The Balaban J connectivity index is 2.73. The number of nitrogens with zero attached hydrogens (tertiary/aromatic N) is 3. The molecule has 5 heteroatoms. The molecule has 1 N–H and O–H groups in total. The van der Waals surface area contributed by atoms with Crippen LogP contribution in [-0.4, -0.2) is 35.8 Å². The second-order valence-electron chi connectivity index (χ2n) is 4.66. The van der Waals surface area contributed by atoms with Gasteiger partial charge in [-0.15, -0.1) is 5.10 Å². The summed E-state index contributed by atoms with van der Waals surface area (Å²) in [5.41, 5.74) is 2.30. The Morgan fingerprint density at radius 3 is 2.76 bits per heavy atom. The van der Waals surface area contributed by atoms with E-state index in [1.807, 2.05) is 11.7 Å². The summed E-state index contributed by atoms with van der Waals surface area (Å²) in [4.78, 5) is 0. The second kappa shape index (κ2) is 7.40. The first-order valence-corrected chi connectivity index (χ1v) is 6.23. The normalized spacial score (nSPS) is 11.4. The third-order valence-corrected chi connectivity index (χ3v) is 2.73. The summed E-state index contributed by atoms with van der Waals surface area (Å²) in [5.74, 6) is 0.697. The number of hydrogen-bond acceptors (Lipinski definition) is 4. The lowest BCUT2D eigenvalue weighted by molar-refractivity contribution is 0.181. The van der Waals surface area contributed by atoms with Crippen molar-refractivity contribution in [3.05, 3.63) is 11.4 Å².